The van der Waals surface area contributed by atoms with Gasteiger partial charge in [0, 0.05) is 12.6 Å². The first-order valence-corrected chi connectivity index (χ1v) is 7.14. The summed E-state index contributed by atoms with van der Waals surface area (Å²) in [4.78, 5) is 0. The predicted octanol–water partition coefficient (Wildman–Crippen LogP) is 3.79. The molecule has 102 valence electrons. The first-order chi connectivity index (χ1) is 8.65. The second-order valence-corrected chi connectivity index (χ2v) is 5.04. The third-order valence-electron chi connectivity index (χ3n) is 3.17. The Kier molecular flexibility index (Phi) is 6.81. The van der Waals surface area contributed by atoms with Crippen LogP contribution in [-0.4, -0.2) is 18.7 Å². The van der Waals surface area contributed by atoms with Crippen molar-refractivity contribution in [1.29, 1.82) is 0 Å². The van der Waals surface area contributed by atoms with E-state index in [4.69, 9.17) is 4.74 Å². The van der Waals surface area contributed by atoms with Crippen molar-refractivity contribution in [2.45, 2.75) is 59.1 Å². The van der Waals surface area contributed by atoms with Crippen LogP contribution >= 0.6 is 0 Å². The molecule has 0 spiro atoms. The average molecular weight is 249 g/mol. The third kappa shape index (κ3) is 5.54. The van der Waals surface area contributed by atoms with Crippen LogP contribution in [0.25, 0.3) is 0 Å². The highest BCUT2D eigenvalue weighted by Gasteiger charge is 2.05. The predicted molar refractivity (Wildman–Crippen MR) is 78.3 cm³/mol. The smallest absolute Gasteiger partial charge is 0.119 e. The van der Waals surface area contributed by atoms with Gasteiger partial charge >= 0.3 is 0 Å². The molecule has 0 amide bonds. The summed E-state index contributed by atoms with van der Waals surface area (Å²) in [6.45, 7) is 9.59. The van der Waals surface area contributed by atoms with Gasteiger partial charge in [0.05, 0.1) is 0 Å². The summed E-state index contributed by atoms with van der Waals surface area (Å²) >= 11 is 0. The van der Waals surface area contributed by atoms with Crippen LogP contribution in [0.3, 0.4) is 0 Å². The van der Waals surface area contributed by atoms with E-state index in [0.29, 0.717) is 6.04 Å². The Morgan fingerprint density at radius 1 is 1.11 bits per heavy atom. The molecule has 1 aromatic carbocycles. The highest BCUT2D eigenvalue weighted by atomic mass is 16.5. The number of aryl methyl sites for hydroxylation is 1. The van der Waals surface area contributed by atoms with Crippen molar-refractivity contribution in [3.63, 3.8) is 0 Å². The van der Waals surface area contributed by atoms with E-state index in [0.717, 1.165) is 25.1 Å². The van der Waals surface area contributed by atoms with Gasteiger partial charge in [-0.25, -0.2) is 0 Å². The summed E-state index contributed by atoms with van der Waals surface area (Å²) in [5.41, 5.74) is 1.38. The van der Waals surface area contributed by atoms with Crippen LogP contribution in [0.5, 0.6) is 5.75 Å². The number of benzene rings is 1. The molecular weight excluding hydrogens is 222 g/mol. The van der Waals surface area contributed by atoms with Crippen molar-refractivity contribution >= 4 is 0 Å². The lowest BCUT2D eigenvalue weighted by Gasteiger charge is -2.18. The number of ether oxygens (including phenoxy) is 1. The van der Waals surface area contributed by atoms with Crippen LogP contribution in [0.1, 0.15) is 46.1 Å². The average Bonchev–Trinajstić information content (AvgIpc) is 2.38. The van der Waals surface area contributed by atoms with Gasteiger partial charge in [0.15, 0.2) is 0 Å². The van der Waals surface area contributed by atoms with Gasteiger partial charge in [0.25, 0.3) is 0 Å². The number of nitrogens with one attached hydrogen (secondary N) is 1. The molecule has 0 heterocycles. The Hall–Kier alpha value is -1.02. The fraction of sp³-hybridized carbons (Fsp3) is 0.625. The fourth-order valence-corrected chi connectivity index (χ4v) is 1.81. The van der Waals surface area contributed by atoms with Crippen molar-refractivity contribution in [3.05, 3.63) is 29.8 Å². The monoisotopic (exact) mass is 249 g/mol. The van der Waals surface area contributed by atoms with Crippen molar-refractivity contribution in [2.75, 3.05) is 6.54 Å². The minimum atomic E-state index is 0.205. The van der Waals surface area contributed by atoms with Gasteiger partial charge in [-0.3, -0.25) is 0 Å². The van der Waals surface area contributed by atoms with Crippen LogP contribution < -0.4 is 10.1 Å². The molecule has 2 unspecified atom stereocenters. The molecule has 0 aromatic heterocycles. The van der Waals surface area contributed by atoms with E-state index in [1.807, 2.05) is 0 Å². The van der Waals surface area contributed by atoms with Crippen LogP contribution in [0.2, 0.25) is 0 Å². The van der Waals surface area contributed by atoms with Crippen molar-refractivity contribution in [2.24, 2.45) is 0 Å². The van der Waals surface area contributed by atoms with Crippen LogP contribution in [0, 0.1) is 0 Å². The Balaban J connectivity index is 2.37. The molecule has 1 N–H and O–H groups in total. The summed E-state index contributed by atoms with van der Waals surface area (Å²) in [6, 6.07) is 9.03. The molecular formula is C16H27NO. The maximum absolute atomic E-state index is 5.88. The van der Waals surface area contributed by atoms with E-state index >= 15 is 0 Å². The second kappa shape index (κ2) is 8.15. The maximum Gasteiger partial charge on any atom is 0.119 e. The lowest BCUT2D eigenvalue weighted by Crippen LogP contribution is -2.34. The van der Waals surface area contributed by atoms with E-state index in [9.17, 15) is 0 Å². The topological polar surface area (TPSA) is 21.3 Å². The van der Waals surface area contributed by atoms with E-state index in [1.54, 1.807) is 0 Å². The van der Waals surface area contributed by atoms with E-state index in [-0.39, 0.29) is 6.10 Å². The molecule has 0 saturated carbocycles. The van der Waals surface area contributed by atoms with E-state index in [1.165, 1.54) is 12.0 Å². The molecule has 1 aromatic rings. The Labute approximate surface area is 112 Å². The van der Waals surface area contributed by atoms with Crippen LogP contribution in [-0.2, 0) is 6.42 Å². The van der Waals surface area contributed by atoms with E-state index in [2.05, 4.69) is 57.3 Å². The zero-order valence-corrected chi connectivity index (χ0v) is 12.2. The Morgan fingerprint density at radius 2 is 1.78 bits per heavy atom. The molecule has 2 heteroatoms. The van der Waals surface area contributed by atoms with Gasteiger partial charge in [0.1, 0.15) is 11.9 Å². The normalized spacial score (nSPS) is 14.2. The molecule has 1 rings (SSSR count). The van der Waals surface area contributed by atoms with Gasteiger partial charge in [-0.15, -0.1) is 0 Å². The van der Waals surface area contributed by atoms with Gasteiger partial charge in [-0.1, -0.05) is 32.4 Å². The molecule has 0 saturated heterocycles. The number of hydrogen-bond acceptors (Lipinski definition) is 2. The Bertz CT molecular complexity index is 320. The Morgan fingerprint density at radius 3 is 2.33 bits per heavy atom. The molecule has 2 atom stereocenters. The molecule has 0 aliphatic carbocycles. The lowest BCUT2D eigenvalue weighted by atomic mass is 10.1. The van der Waals surface area contributed by atoms with Crippen molar-refractivity contribution in [1.82, 2.24) is 5.32 Å². The molecule has 0 aliphatic rings. The molecule has 0 bridgehead atoms. The van der Waals surface area contributed by atoms with Gasteiger partial charge in [0.2, 0.25) is 0 Å². The van der Waals surface area contributed by atoms with Crippen LogP contribution in [0.4, 0.5) is 0 Å². The molecule has 0 aliphatic heterocycles. The summed E-state index contributed by atoms with van der Waals surface area (Å²) in [5.74, 6) is 0.966. The maximum atomic E-state index is 5.88. The van der Waals surface area contributed by atoms with Gasteiger partial charge < -0.3 is 10.1 Å². The molecule has 18 heavy (non-hydrogen) atoms. The number of rotatable bonds is 8. The summed E-state index contributed by atoms with van der Waals surface area (Å²) < 4.78 is 5.88. The lowest BCUT2D eigenvalue weighted by molar-refractivity contribution is 0.212. The molecule has 2 nitrogen and oxygen atoms in total. The highest BCUT2D eigenvalue weighted by molar-refractivity contribution is 5.27. The summed E-state index contributed by atoms with van der Waals surface area (Å²) in [7, 11) is 0. The summed E-state index contributed by atoms with van der Waals surface area (Å²) in [5, 5.41) is 3.46. The minimum absolute atomic E-state index is 0.205. The van der Waals surface area contributed by atoms with Crippen molar-refractivity contribution in [3.8, 4) is 5.75 Å². The zero-order chi connectivity index (χ0) is 13.4. The quantitative estimate of drug-likeness (QED) is 0.756. The number of hydrogen-bond donors (Lipinski definition) is 1. The zero-order valence-electron chi connectivity index (χ0n) is 12.2. The standard InChI is InChI=1S/C16H27NO/c1-5-7-15-8-10-16(11-9-15)18-14(4)12-17-13(3)6-2/h8-11,13-14,17H,5-7,12H2,1-4H3. The molecule has 0 radical (unpaired) electrons. The third-order valence-corrected chi connectivity index (χ3v) is 3.17. The van der Waals surface area contributed by atoms with Gasteiger partial charge in [-0.05, 0) is 44.4 Å². The van der Waals surface area contributed by atoms with Gasteiger partial charge in [-0.2, -0.15) is 0 Å². The van der Waals surface area contributed by atoms with Crippen LogP contribution in [0.15, 0.2) is 24.3 Å². The fourth-order valence-electron chi connectivity index (χ4n) is 1.81. The molecule has 0 fully saturated rings. The largest absolute Gasteiger partial charge is 0.489 e. The summed E-state index contributed by atoms with van der Waals surface area (Å²) in [6.07, 6.45) is 3.69. The van der Waals surface area contributed by atoms with Crippen molar-refractivity contribution < 1.29 is 4.74 Å². The SMILES string of the molecule is CCCc1ccc(OC(C)CNC(C)CC)cc1. The first-order valence-electron chi connectivity index (χ1n) is 7.14. The first kappa shape index (κ1) is 15.0. The van der Waals surface area contributed by atoms with E-state index < -0.39 is 0 Å². The minimum Gasteiger partial charge on any atom is -0.489 e. The highest BCUT2D eigenvalue weighted by Crippen LogP contribution is 2.14. The second-order valence-electron chi connectivity index (χ2n) is 5.04.